The Morgan fingerprint density at radius 1 is 1.09 bits per heavy atom. The van der Waals surface area contributed by atoms with Gasteiger partial charge in [-0.25, -0.2) is 0 Å². The third kappa shape index (κ3) is 2.84. The van der Waals surface area contributed by atoms with Gasteiger partial charge in [-0.2, -0.15) is 13.2 Å². The highest BCUT2D eigenvalue weighted by Gasteiger charge is 2.31. The summed E-state index contributed by atoms with van der Waals surface area (Å²) in [6.45, 7) is 2.32. The van der Waals surface area contributed by atoms with Crippen LogP contribution >= 0.6 is 0 Å². The van der Waals surface area contributed by atoms with Gasteiger partial charge in [-0.3, -0.25) is 9.98 Å². The van der Waals surface area contributed by atoms with Crippen LogP contribution in [-0.2, 0) is 6.18 Å². The predicted molar refractivity (Wildman–Crippen MR) is 81.5 cm³/mol. The van der Waals surface area contributed by atoms with Crippen molar-refractivity contribution in [3.63, 3.8) is 0 Å². The highest BCUT2D eigenvalue weighted by Crippen LogP contribution is 2.34. The van der Waals surface area contributed by atoms with Gasteiger partial charge < -0.3 is 5.11 Å². The smallest absolute Gasteiger partial charge is 0.416 e. The summed E-state index contributed by atoms with van der Waals surface area (Å²) in [4.78, 5) is 8.46. The maximum atomic E-state index is 12.7. The molecule has 0 radical (unpaired) electrons. The number of aromatic nitrogens is 1. The van der Waals surface area contributed by atoms with Crippen LogP contribution in [0.2, 0.25) is 0 Å². The molecule has 0 amide bonds. The molecule has 0 aliphatic carbocycles. The van der Waals surface area contributed by atoms with Gasteiger partial charge in [0.05, 0.1) is 17.8 Å². The second-order valence-corrected chi connectivity index (χ2v) is 5.23. The van der Waals surface area contributed by atoms with Crippen LogP contribution in [0.4, 0.5) is 13.2 Å². The number of pyridine rings is 1. The zero-order valence-electron chi connectivity index (χ0n) is 12.2. The second kappa shape index (κ2) is 5.53. The third-order valence-corrected chi connectivity index (χ3v) is 3.73. The molecule has 0 bridgehead atoms. The lowest BCUT2D eigenvalue weighted by Crippen LogP contribution is -2.09. The second-order valence-electron chi connectivity index (χ2n) is 5.23. The van der Waals surface area contributed by atoms with Crippen molar-refractivity contribution in [1.82, 2.24) is 4.98 Å². The number of rotatable bonds is 1. The molecule has 0 fully saturated rings. The van der Waals surface area contributed by atoms with E-state index in [0.717, 1.165) is 23.3 Å². The molecule has 0 unspecified atom stereocenters. The van der Waals surface area contributed by atoms with Gasteiger partial charge in [0.25, 0.3) is 0 Å². The van der Waals surface area contributed by atoms with Crippen molar-refractivity contribution >= 4 is 11.3 Å². The van der Waals surface area contributed by atoms with E-state index in [0.29, 0.717) is 17.8 Å². The number of hydrogen-bond donors (Lipinski definition) is 1. The number of nitrogens with zero attached hydrogens (tertiary/aromatic N) is 2. The van der Waals surface area contributed by atoms with Crippen LogP contribution in [0.25, 0.3) is 5.57 Å². The highest BCUT2D eigenvalue weighted by atomic mass is 19.4. The largest absolute Gasteiger partial charge is 0.507 e. The van der Waals surface area contributed by atoms with Gasteiger partial charge in [-0.05, 0) is 42.3 Å². The molecule has 3 rings (SSSR count). The van der Waals surface area contributed by atoms with Crippen LogP contribution in [0, 0.1) is 0 Å². The van der Waals surface area contributed by atoms with Crippen LogP contribution < -0.4 is 0 Å². The fourth-order valence-corrected chi connectivity index (χ4v) is 2.53. The fourth-order valence-electron chi connectivity index (χ4n) is 2.53. The molecule has 1 aliphatic rings. The first-order valence-electron chi connectivity index (χ1n) is 6.94. The molecule has 1 aromatic heterocycles. The van der Waals surface area contributed by atoms with Gasteiger partial charge >= 0.3 is 6.18 Å². The molecule has 23 heavy (non-hydrogen) atoms. The minimum atomic E-state index is -4.50. The summed E-state index contributed by atoms with van der Waals surface area (Å²) in [5, 5.41) is 10.1. The number of aromatic hydroxyl groups is 1. The Balaban J connectivity index is 2.13. The first-order chi connectivity index (χ1) is 10.9. The first kappa shape index (κ1) is 15.3. The van der Waals surface area contributed by atoms with E-state index in [-0.39, 0.29) is 5.56 Å². The summed E-state index contributed by atoms with van der Waals surface area (Å²) in [5.41, 5.74) is 2.40. The summed E-state index contributed by atoms with van der Waals surface area (Å²) >= 11 is 0. The molecule has 0 atom stereocenters. The molecule has 2 heterocycles. The Bertz CT molecular complexity index is 823. The Labute approximate surface area is 130 Å². The Kier molecular flexibility index (Phi) is 3.67. The average Bonchev–Trinajstić information content (AvgIpc) is 2.66. The van der Waals surface area contributed by atoms with Gasteiger partial charge in [0, 0.05) is 23.5 Å². The van der Waals surface area contributed by atoms with E-state index in [1.807, 2.05) is 19.1 Å². The van der Waals surface area contributed by atoms with Crippen molar-refractivity contribution in [2.45, 2.75) is 13.1 Å². The molecule has 3 nitrogen and oxygen atoms in total. The lowest BCUT2D eigenvalue weighted by atomic mass is 9.95. The van der Waals surface area contributed by atoms with Gasteiger partial charge in [0.1, 0.15) is 5.75 Å². The number of alkyl halides is 3. The van der Waals surface area contributed by atoms with Crippen LogP contribution in [0.15, 0.2) is 47.7 Å². The molecule has 1 N–H and O–H groups in total. The Hall–Kier alpha value is -2.63. The number of phenolic OH excluding ortho intramolecular Hbond substituents is 1. The molecule has 0 saturated carbocycles. The van der Waals surface area contributed by atoms with E-state index in [2.05, 4.69) is 9.98 Å². The number of hydrogen-bond acceptors (Lipinski definition) is 3. The number of benzene rings is 1. The van der Waals surface area contributed by atoms with Crippen LogP contribution in [-0.4, -0.2) is 22.3 Å². The Morgan fingerprint density at radius 2 is 1.87 bits per heavy atom. The average molecular weight is 318 g/mol. The lowest BCUT2D eigenvalue weighted by molar-refractivity contribution is -0.137. The molecular weight excluding hydrogens is 305 g/mol. The molecule has 0 saturated heterocycles. The van der Waals surface area contributed by atoms with Crippen molar-refractivity contribution in [1.29, 1.82) is 0 Å². The summed E-state index contributed by atoms with van der Waals surface area (Å²) in [7, 11) is 0. The van der Waals surface area contributed by atoms with Crippen LogP contribution in [0.3, 0.4) is 0 Å². The standard InChI is InChI=1S/C17H13F3N2O/c1-10-4-7-22-16(14-9-21-6-5-12(10)14)13-3-2-11(8-15(13)23)17(18,19)20/h2-6,8-9,23H,7H2,1H3. The van der Waals surface area contributed by atoms with Crippen LogP contribution in [0.1, 0.15) is 29.2 Å². The lowest BCUT2D eigenvalue weighted by Gasteiger charge is -2.13. The predicted octanol–water partition coefficient (Wildman–Crippen LogP) is 4.06. The van der Waals surface area contributed by atoms with E-state index in [9.17, 15) is 18.3 Å². The summed E-state index contributed by atoms with van der Waals surface area (Å²) in [5.74, 6) is -0.451. The minimum Gasteiger partial charge on any atom is -0.507 e. The number of aliphatic imine (C=N–C) groups is 1. The minimum absolute atomic E-state index is 0.260. The van der Waals surface area contributed by atoms with Gasteiger partial charge in [0.15, 0.2) is 0 Å². The highest BCUT2D eigenvalue weighted by molar-refractivity contribution is 6.16. The summed E-state index contributed by atoms with van der Waals surface area (Å²) < 4.78 is 38.2. The third-order valence-electron chi connectivity index (χ3n) is 3.73. The van der Waals surface area contributed by atoms with Crippen molar-refractivity contribution in [3.05, 3.63) is 65.0 Å². The molecule has 0 spiro atoms. The van der Waals surface area contributed by atoms with Crippen molar-refractivity contribution < 1.29 is 18.3 Å². The normalized spacial score (nSPS) is 14.6. The number of halogens is 3. The van der Waals surface area contributed by atoms with Crippen molar-refractivity contribution in [2.75, 3.05) is 6.54 Å². The van der Waals surface area contributed by atoms with Crippen molar-refractivity contribution in [2.24, 2.45) is 4.99 Å². The quantitative estimate of drug-likeness (QED) is 0.862. The number of allylic oxidation sites excluding steroid dienone is 1. The van der Waals surface area contributed by atoms with Gasteiger partial charge in [-0.1, -0.05) is 6.08 Å². The molecule has 6 heteroatoms. The van der Waals surface area contributed by atoms with E-state index >= 15 is 0 Å². The van der Waals surface area contributed by atoms with Crippen molar-refractivity contribution in [3.8, 4) is 5.75 Å². The van der Waals surface area contributed by atoms with Gasteiger partial charge in [-0.15, -0.1) is 0 Å². The van der Waals surface area contributed by atoms with E-state index < -0.39 is 17.5 Å². The van der Waals surface area contributed by atoms with Crippen LogP contribution in [0.5, 0.6) is 5.75 Å². The van der Waals surface area contributed by atoms with E-state index in [1.165, 1.54) is 6.07 Å². The topological polar surface area (TPSA) is 45.5 Å². The van der Waals surface area contributed by atoms with Gasteiger partial charge in [0.2, 0.25) is 0 Å². The number of fused-ring (bicyclic) bond motifs is 1. The molecular formula is C17H13F3N2O. The molecule has 118 valence electrons. The summed E-state index contributed by atoms with van der Waals surface area (Å²) in [6, 6.07) is 4.73. The van der Waals surface area contributed by atoms with E-state index in [1.54, 1.807) is 12.4 Å². The maximum Gasteiger partial charge on any atom is 0.416 e. The zero-order valence-corrected chi connectivity index (χ0v) is 12.2. The number of phenols is 1. The maximum absolute atomic E-state index is 12.7. The summed E-state index contributed by atoms with van der Waals surface area (Å²) in [6.07, 6.45) is 0.672. The monoisotopic (exact) mass is 318 g/mol. The molecule has 1 aliphatic heterocycles. The molecule has 2 aromatic rings. The zero-order chi connectivity index (χ0) is 16.6. The molecule has 1 aromatic carbocycles. The van der Waals surface area contributed by atoms with E-state index in [4.69, 9.17) is 0 Å². The Morgan fingerprint density at radius 3 is 2.57 bits per heavy atom. The fraction of sp³-hybridized carbons (Fsp3) is 0.176. The SMILES string of the molecule is CC1=CCN=C(c2ccc(C(F)(F)F)cc2O)c2cnccc21. The first-order valence-corrected chi connectivity index (χ1v) is 6.94.